The van der Waals surface area contributed by atoms with Gasteiger partial charge < -0.3 is 15.1 Å². The standard InChI is InChI=1S/C15H22N4OS.HI/c1-4-16-15(18-10-13-6-5-9-20-13)17-8-7-14-11(2)19-12(3)21-14;/h5-6,9H,4,7-8,10H2,1-3H3,(H2,16,17,18);1H. The van der Waals surface area contributed by atoms with Crippen molar-refractivity contribution in [3.8, 4) is 0 Å². The summed E-state index contributed by atoms with van der Waals surface area (Å²) in [6.45, 7) is 8.38. The molecule has 0 fully saturated rings. The van der Waals surface area contributed by atoms with Gasteiger partial charge in [-0.25, -0.2) is 9.98 Å². The molecule has 0 saturated heterocycles. The molecule has 0 aliphatic heterocycles. The minimum Gasteiger partial charge on any atom is -0.467 e. The van der Waals surface area contributed by atoms with Crippen molar-refractivity contribution in [1.82, 2.24) is 15.6 Å². The van der Waals surface area contributed by atoms with Crippen molar-refractivity contribution < 1.29 is 4.42 Å². The van der Waals surface area contributed by atoms with Crippen molar-refractivity contribution in [3.05, 3.63) is 39.7 Å². The van der Waals surface area contributed by atoms with Crippen molar-refractivity contribution in [2.45, 2.75) is 33.7 Å². The molecule has 2 aromatic rings. The summed E-state index contributed by atoms with van der Waals surface area (Å²) in [7, 11) is 0. The average molecular weight is 434 g/mol. The van der Waals surface area contributed by atoms with Crippen LogP contribution in [0.1, 0.15) is 28.3 Å². The zero-order valence-electron chi connectivity index (χ0n) is 13.2. The SMILES string of the molecule is CCNC(=NCc1ccco1)NCCc1sc(C)nc1C.I. The van der Waals surface area contributed by atoms with Crippen LogP contribution in [0, 0.1) is 13.8 Å². The van der Waals surface area contributed by atoms with Crippen LogP contribution in [-0.2, 0) is 13.0 Å². The quantitative estimate of drug-likeness (QED) is 0.416. The van der Waals surface area contributed by atoms with E-state index in [1.165, 1.54) is 4.88 Å². The number of nitrogens with zero attached hydrogens (tertiary/aromatic N) is 2. The number of rotatable bonds is 6. The van der Waals surface area contributed by atoms with Crippen LogP contribution in [0.25, 0.3) is 0 Å². The molecule has 0 atom stereocenters. The third-order valence-electron chi connectivity index (χ3n) is 2.96. The van der Waals surface area contributed by atoms with E-state index in [1.54, 1.807) is 17.6 Å². The number of thiazole rings is 1. The van der Waals surface area contributed by atoms with Crippen LogP contribution in [0.15, 0.2) is 27.8 Å². The predicted molar refractivity (Wildman–Crippen MR) is 102 cm³/mol. The van der Waals surface area contributed by atoms with Gasteiger partial charge in [-0.3, -0.25) is 0 Å². The molecular formula is C15H23IN4OS. The van der Waals surface area contributed by atoms with E-state index >= 15 is 0 Å². The first-order valence-electron chi connectivity index (χ1n) is 7.16. The lowest BCUT2D eigenvalue weighted by Gasteiger charge is -2.10. The summed E-state index contributed by atoms with van der Waals surface area (Å²) in [5.74, 6) is 1.67. The van der Waals surface area contributed by atoms with E-state index in [-0.39, 0.29) is 24.0 Å². The second-order valence-electron chi connectivity index (χ2n) is 4.69. The molecule has 0 amide bonds. The second-order valence-corrected chi connectivity index (χ2v) is 5.98. The van der Waals surface area contributed by atoms with Gasteiger partial charge in [0.05, 0.1) is 17.0 Å². The molecular weight excluding hydrogens is 411 g/mol. The molecule has 0 radical (unpaired) electrons. The first-order chi connectivity index (χ1) is 10.2. The molecule has 2 N–H and O–H groups in total. The van der Waals surface area contributed by atoms with Crippen molar-refractivity contribution >= 4 is 41.3 Å². The average Bonchev–Trinajstić information content (AvgIpc) is 3.06. The summed E-state index contributed by atoms with van der Waals surface area (Å²) in [6.07, 6.45) is 2.63. The van der Waals surface area contributed by atoms with Gasteiger partial charge in [-0.05, 0) is 32.9 Å². The fourth-order valence-corrected chi connectivity index (χ4v) is 2.94. The molecule has 2 aromatic heterocycles. The van der Waals surface area contributed by atoms with Crippen LogP contribution in [0.4, 0.5) is 0 Å². The first-order valence-corrected chi connectivity index (χ1v) is 7.98. The second kappa shape index (κ2) is 9.83. The number of hydrogen-bond acceptors (Lipinski definition) is 4. The van der Waals surface area contributed by atoms with Gasteiger partial charge in [-0.2, -0.15) is 0 Å². The largest absolute Gasteiger partial charge is 0.467 e. The Balaban J connectivity index is 0.00000242. The van der Waals surface area contributed by atoms with E-state index in [1.807, 2.05) is 19.1 Å². The van der Waals surface area contributed by atoms with Gasteiger partial charge in [0.25, 0.3) is 0 Å². The molecule has 0 aliphatic rings. The molecule has 0 aliphatic carbocycles. The smallest absolute Gasteiger partial charge is 0.191 e. The molecule has 0 saturated carbocycles. The minimum atomic E-state index is 0. The van der Waals surface area contributed by atoms with Crippen LogP contribution in [0.2, 0.25) is 0 Å². The van der Waals surface area contributed by atoms with Crippen LogP contribution in [-0.4, -0.2) is 24.0 Å². The Bertz CT molecular complexity index is 580. The zero-order chi connectivity index (χ0) is 15.1. The van der Waals surface area contributed by atoms with Crippen LogP contribution >= 0.6 is 35.3 Å². The van der Waals surface area contributed by atoms with Gasteiger partial charge >= 0.3 is 0 Å². The predicted octanol–water partition coefficient (Wildman–Crippen LogP) is 3.27. The number of nitrogens with one attached hydrogen (secondary N) is 2. The fraction of sp³-hybridized carbons (Fsp3) is 0.467. The maximum Gasteiger partial charge on any atom is 0.191 e. The molecule has 0 aromatic carbocycles. The highest BCUT2D eigenvalue weighted by atomic mass is 127. The van der Waals surface area contributed by atoms with Crippen molar-refractivity contribution in [2.24, 2.45) is 4.99 Å². The highest BCUT2D eigenvalue weighted by Gasteiger charge is 2.05. The Hall–Kier alpha value is -1.09. The fourth-order valence-electron chi connectivity index (χ4n) is 2.00. The summed E-state index contributed by atoms with van der Waals surface area (Å²) < 4.78 is 5.29. The lowest BCUT2D eigenvalue weighted by Crippen LogP contribution is -2.38. The topological polar surface area (TPSA) is 62.5 Å². The maximum absolute atomic E-state index is 5.29. The van der Waals surface area contributed by atoms with E-state index in [0.29, 0.717) is 6.54 Å². The molecule has 0 bridgehead atoms. The van der Waals surface area contributed by atoms with E-state index in [4.69, 9.17) is 4.42 Å². The van der Waals surface area contributed by atoms with Gasteiger partial charge in [0.2, 0.25) is 0 Å². The van der Waals surface area contributed by atoms with Crippen molar-refractivity contribution in [3.63, 3.8) is 0 Å². The number of hydrogen-bond donors (Lipinski definition) is 2. The molecule has 2 rings (SSSR count). The first kappa shape index (κ1) is 19.0. The van der Waals surface area contributed by atoms with E-state index < -0.39 is 0 Å². The van der Waals surface area contributed by atoms with Gasteiger partial charge in [0, 0.05) is 24.4 Å². The number of aryl methyl sites for hydroxylation is 2. The van der Waals surface area contributed by atoms with E-state index in [2.05, 4.69) is 34.5 Å². The van der Waals surface area contributed by atoms with Crippen molar-refractivity contribution in [1.29, 1.82) is 0 Å². The monoisotopic (exact) mass is 434 g/mol. The Morgan fingerprint density at radius 2 is 2.18 bits per heavy atom. The lowest BCUT2D eigenvalue weighted by molar-refractivity contribution is 0.512. The summed E-state index contributed by atoms with van der Waals surface area (Å²) in [4.78, 5) is 10.3. The molecule has 0 unspecified atom stereocenters. The Labute approximate surface area is 152 Å². The third kappa shape index (κ3) is 5.96. The van der Waals surface area contributed by atoms with E-state index in [9.17, 15) is 0 Å². The molecule has 122 valence electrons. The maximum atomic E-state index is 5.29. The normalized spacial score (nSPS) is 11.1. The molecule has 22 heavy (non-hydrogen) atoms. The van der Waals surface area contributed by atoms with E-state index in [0.717, 1.165) is 41.9 Å². The summed E-state index contributed by atoms with van der Waals surface area (Å²) in [5.41, 5.74) is 1.14. The molecule has 0 spiro atoms. The number of aliphatic imine (C=N–C) groups is 1. The Morgan fingerprint density at radius 3 is 2.77 bits per heavy atom. The number of aromatic nitrogens is 1. The summed E-state index contributed by atoms with van der Waals surface area (Å²) in [6, 6.07) is 3.80. The number of furan rings is 1. The van der Waals surface area contributed by atoms with Gasteiger partial charge in [0.1, 0.15) is 12.3 Å². The summed E-state index contributed by atoms with van der Waals surface area (Å²) in [5, 5.41) is 7.71. The molecule has 7 heteroatoms. The van der Waals surface area contributed by atoms with Gasteiger partial charge in [-0.1, -0.05) is 0 Å². The van der Waals surface area contributed by atoms with Crippen LogP contribution in [0.3, 0.4) is 0 Å². The van der Waals surface area contributed by atoms with Gasteiger partial charge in [0.15, 0.2) is 5.96 Å². The van der Waals surface area contributed by atoms with Crippen LogP contribution < -0.4 is 10.6 Å². The minimum absolute atomic E-state index is 0. The highest BCUT2D eigenvalue weighted by molar-refractivity contribution is 14.0. The van der Waals surface area contributed by atoms with Crippen LogP contribution in [0.5, 0.6) is 0 Å². The number of halogens is 1. The Morgan fingerprint density at radius 1 is 1.36 bits per heavy atom. The molecule has 2 heterocycles. The Kier molecular flexibility index (Phi) is 8.47. The summed E-state index contributed by atoms with van der Waals surface area (Å²) >= 11 is 1.76. The van der Waals surface area contributed by atoms with Gasteiger partial charge in [-0.15, -0.1) is 35.3 Å². The third-order valence-corrected chi connectivity index (χ3v) is 4.09. The van der Waals surface area contributed by atoms with Crippen molar-refractivity contribution in [2.75, 3.05) is 13.1 Å². The molecule has 5 nitrogen and oxygen atoms in total. The lowest BCUT2D eigenvalue weighted by atomic mass is 10.3. The highest BCUT2D eigenvalue weighted by Crippen LogP contribution is 2.16. The zero-order valence-corrected chi connectivity index (χ0v) is 16.3. The number of guanidine groups is 1.